The zero-order chi connectivity index (χ0) is 20.1. The Morgan fingerprint density at radius 3 is 2.17 bits per heavy atom. The quantitative estimate of drug-likeness (QED) is 0.598. The van der Waals surface area contributed by atoms with Gasteiger partial charge in [0, 0.05) is 24.8 Å². The van der Waals surface area contributed by atoms with Crippen molar-refractivity contribution in [3.8, 4) is 0 Å². The minimum Gasteiger partial charge on any atom is -0.320 e. The van der Waals surface area contributed by atoms with Crippen LogP contribution in [0.15, 0.2) is 119 Å². The maximum atomic E-state index is 13.7. The third-order valence-corrected chi connectivity index (χ3v) is 6.14. The Morgan fingerprint density at radius 2 is 1.41 bits per heavy atom. The van der Waals surface area contributed by atoms with Crippen molar-refractivity contribution in [2.45, 2.75) is 4.90 Å². The highest BCUT2D eigenvalue weighted by atomic mass is 32.2. The first kappa shape index (κ1) is 18.7. The highest BCUT2D eigenvalue weighted by Crippen LogP contribution is 2.39. The van der Waals surface area contributed by atoms with Gasteiger partial charge in [0.05, 0.1) is 22.0 Å². The average Bonchev–Trinajstić information content (AvgIpc) is 3.05. The Balaban J connectivity index is 1.93. The monoisotopic (exact) mass is 401 g/mol. The molecule has 3 aromatic rings. The molecule has 0 atom stereocenters. The lowest BCUT2D eigenvalue weighted by molar-refractivity contribution is 0.596. The average molecular weight is 401 g/mol. The van der Waals surface area contributed by atoms with E-state index in [-0.39, 0.29) is 4.90 Å². The van der Waals surface area contributed by atoms with Gasteiger partial charge < -0.3 is 4.90 Å². The Labute approximate surface area is 170 Å². The SMILES string of the molecule is O=S(=O)(c1ccccc1)N(c1ccccc1)c1ccccc1N1C=CC=NC=C1. The van der Waals surface area contributed by atoms with Gasteiger partial charge in [-0.25, -0.2) is 12.7 Å². The molecule has 4 rings (SSSR count). The van der Waals surface area contributed by atoms with Crippen LogP contribution < -0.4 is 9.21 Å². The molecular weight excluding hydrogens is 382 g/mol. The predicted molar refractivity (Wildman–Crippen MR) is 118 cm³/mol. The Bertz CT molecular complexity index is 1160. The van der Waals surface area contributed by atoms with Crippen molar-refractivity contribution < 1.29 is 8.42 Å². The molecule has 0 bridgehead atoms. The fourth-order valence-corrected chi connectivity index (χ4v) is 4.60. The lowest BCUT2D eigenvalue weighted by Crippen LogP contribution is -2.27. The number of hydrogen-bond acceptors (Lipinski definition) is 4. The van der Waals surface area contributed by atoms with Crippen molar-refractivity contribution in [1.29, 1.82) is 0 Å². The molecule has 0 saturated heterocycles. The van der Waals surface area contributed by atoms with E-state index in [9.17, 15) is 8.42 Å². The molecule has 0 radical (unpaired) electrons. The summed E-state index contributed by atoms with van der Waals surface area (Å²) >= 11 is 0. The molecule has 1 aliphatic heterocycles. The summed E-state index contributed by atoms with van der Waals surface area (Å²) in [6.07, 6.45) is 8.76. The van der Waals surface area contributed by atoms with Gasteiger partial charge >= 0.3 is 0 Å². The summed E-state index contributed by atoms with van der Waals surface area (Å²) in [7, 11) is -3.85. The van der Waals surface area contributed by atoms with Crippen molar-refractivity contribution in [2.24, 2.45) is 4.99 Å². The second-order valence-corrected chi connectivity index (χ2v) is 8.04. The predicted octanol–water partition coefficient (Wildman–Crippen LogP) is 5.09. The smallest absolute Gasteiger partial charge is 0.268 e. The molecule has 5 nitrogen and oxygen atoms in total. The third kappa shape index (κ3) is 3.83. The van der Waals surface area contributed by atoms with Gasteiger partial charge in [0.15, 0.2) is 0 Å². The van der Waals surface area contributed by atoms with Gasteiger partial charge in [-0.2, -0.15) is 0 Å². The Kier molecular flexibility index (Phi) is 5.27. The molecule has 1 heterocycles. The second kappa shape index (κ2) is 8.16. The fraction of sp³-hybridized carbons (Fsp3) is 0. The molecule has 6 heteroatoms. The third-order valence-electron chi connectivity index (χ3n) is 4.38. The van der Waals surface area contributed by atoms with Crippen LogP contribution >= 0.6 is 0 Å². The van der Waals surface area contributed by atoms with Crippen molar-refractivity contribution in [3.63, 3.8) is 0 Å². The number of allylic oxidation sites excluding steroid dienone is 1. The number of sulfonamides is 1. The summed E-state index contributed by atoms with van der Waals surface area (Å²) in [6, 6.07) is 24.9. The van der Waals surface area contributed by atoms with E-state index in [0.29, 0.717) is 17.1 Å². The molecule has 0 unspecified atom stereocenters. The molecule has 1 aliphatic rings. The molecule has 0 fully saturated rings. The molecule has 144 valence electrons. The Hall–Kier alpha value is -3.64. The van der Waals surface area contributed by atoms with Crippen LogP contribution in [0, 0.1) is 0 Å². The molecule has 0 N–H and O–H groups in total. The number of aliphatic imine (C=N–C) groups is 1. The van der Waals surface area contributed by atoms with Crippen molar-refractivity contribution >= 4 is 33.3 Å². The van der Waals surface area contributed by atoms with E-state index in [0.717, 1.165) is 0 Å². The highest BCUT2D eigenvalue weighted by molar-refractivity contribution is 7.93. The number of rotatable bonds is 5. The van der Waals surface area contributed by atoms with Gasteiger partial charge in [-0.15, -0.1) is 0 Å². The van der Waals surface area contributed by atoms with E-state index in [1.54, 1.807) is 73.2 Å². The van der Waals surface area contributed by atoms with Gasteiger partial charge in [-0.05, 0) is 42.5 Å². The molecular formula is C23H19N3O2S. The maximum Gasteiger partial charge on any atom is 0.268 e. The van der Waals surface area contributed by atoms with Gasteiger partial charge in [0.25, 0.3) is 10.0 Å². The second-order valence-electron chi connectivity index (χ2n) is 6.25. The van der Waals surface area contributed by atoms with Gasteiger partial charge in [-0.3, -0.25) is 4.99 Å². The molecule has 0 aromatic heterocycles. The summed E-state index contributed by atoms with van der Waals surface area (Å²) in [5.74, 6) is 0. The van der Waals surface area contributed by atoms with Crippen molar-refractivity contribution in [1.82, 2.24) is 0 Å². The van der Waals surface area contributed by atoms with Crippen molar-refractivity contribution in [3.05, 3.63) is 110 Å². The highest BCUT2D eigenvalue weighted by Gasteiger charge is 2.29. The molecule has 0 saturated carbocycles. The standard InChI is InChI=1S/C23H19N3O2S/c27-29(28,21-12-5-2-6-13-21)26(20-10-3-1-4-11-20)23-15-8-7-14-22(23)25-18-9-16-24-17-19-25/h1-19H. The van der Waals surface area contributed by atoms with Crippen molar-refractivity contribution in [2.75, 3.05) is 9.21 Å². The van der Waals surface area contributed by atoms with Crippen LogP contribution in [0.1, 0.15) is 0 Å². The zero-order valence-electron chi connectivity index (χ0n) is 15.5. The zero-order valence-corrected chi connectivity index (χ0v) is 16.4. The first-order valence-electron chi connectivity index (χ1n) is 9.07. The van der Waals surface area contributed by atoms with Crippen LogP contribution in [-0.4, -0.2) is 14.6 Å². The molecule has 0 amide bonds. The number of nitrogens with zero attached hydrogens (tertiary/aromatic N) is 3. The molecule has 29 heavy (non-hydrogen) atoms. The summed E-state index contributed by atoms with van der Waals surface area (Å²) in [4.78, 5) is 6.18. The van der Waals surface area contributed by atoms with Gasteiger partial charge in [0.2, 0.25) is 0 Å². The van der Waals surface area contributed by atoms with Crippen LogP contribution in [0.25, 0.3) is 0 Å². The first-order chi connectivity index (χ1) is 14.2. The summed E-state index contributed by atoms with van der Waals surface area (Å²) in [5, 5.41) is 0. The van der Waals surface area contributed by atoms with E-state index >= 15 is 0 Å². The lowest BCUT2D eigenvalue weighted by Gasteiger charge is -2.29. The normalized spacial score (nSPS) is 13.3. The number of benzene rings is 3. The van der Waals surface area contributed by atoms with E-state index in [2.05, 4.69) is 4.99 Å². The van der Waals surface area contributed by atoms with Crippen LogP contribution in [0.4, 0.5) is 17.1 Å². The molecule has 3 aromatic carbocycles. The number of para-hydroxylation sites is 3. The van der Waals surface area contributed by atoms with E-state index in [4.69, 9.17) is 0 Å². The van der Waals surface area contributed by atoms with Crippen LogP contribution in [-0.2, 0) is 10.0 Å². The minimum atomic E-state index is -3.85. The minimum absolute atomic E-state index is 0.226. The number of anilines is 3. The lowest BCUT2D eigenvalue weighted by atomic mass is 10.2. The van der Waals surface area contributed by atoms with Crippen LogP contribution in [0.3, 0.4) is 0 Å². The van der Waals surface area contributed by atoms with E-state index < -0.39 is 10.0 Å². The van der Waals surface area contributed by atoms with Gasteiger partial charge in [-0.1, -0.05) is 48.5 Å². The maximum absolute atomic E-state index is 13.7. The fourth-order valence-electron chi connectivity index (χ4n) is 3.07. The molecule has 0 spiro atoms. The number of hydrogen-bond donors (Lipinski definition) is 0. The van der Waals surface area contributed by atoms with Gasteiger partial charge in [0.1, 0.15) is 0 Å². The Morgan fingerprint density at radius 1 is 0.759 bits per heavy atom. The van der Waals surface area contributed by atoms with Crippen LogP contribution in [0.2, 0.25) is 0 Å². The van der Waals surface area contributed by atoms with E-state index in [1.807, 2.05) is 47.5 Å². The van der Waals surface area contributed by atoms with E-state index in [1.165, 1.54) is 4.31 Å². The summed E-state index contributed by atoms with van der Waals surface area (Å²) in [6.45, 7) is 0. The molecule has 0 aliphatic carbocycles. The first-order valence-corrected chi connectivity index (χ1v) is 10.5. The topological polar surface area (TPSA) is 53.0 Å². The summed E-state index contributed by atoms with van der Waals surface area (Å²) in [5.41, 5.74) is 1.82. The van der Waals surface area contributed by atoms with Crippen LogP contribution in [0.5, 0.6) is 0 Å². The largest absolute Gasteiger partial charge is 0.320 e. The summed E-state index contributed by atoms with van der Waals surface area (Å²) < 4.78 is 28.7.